The Morgan fingerprint density at radius 1 is 0.894 bits per heavy atom. The Balaban J connectivity index is 0.00000213. The van der Waals surface area contributed by atoms with Crippen molar-refractivity contribution >= 4 is 22.5 Å². The van der Waals surface area contributed by atoms with E-state index in [2.05, 4.69) is 10.3 Å². The zero-order valence-corrected chi connectivity index (χ0v) is 26.8. The summed E-state index contributed by atoms with van der Waals surface area (Å²) in [4.78, 5) is 31.1. The number of nitrogens with zero attached hydrogens (tertiary/aromatic N) is 2. The van der Waals surface area contributed by atoms with Gasteiger partial charge in [0.25, 0.3) is 11.5 Å². The number of nitrogens with one attached hydrogen (secondary N) is 1. The summed E-state index contributed by atoms with van der Waals surface area (Å²) in [5.41, 5.74) is 1.09. The predicted octanol–water partition coefficient (Wildman–Crippen LogP) is 8.25. The van der Waals surface area contributed by atoms with Crippen molar-refractivity contribution < 1.29 is 32.2 Å². The van der Waals surface area contributed by atoms with Crippen LogP contribution in [0.3, 0.4) is 0 Å². The molecule has 2 aromatic heterocycles. The second-order valence-corrected chi connectivity index (χ2v) is 11.1. The average Bonchev–Trinajstić information content (AvgIpc) is 3.81. The number of ether oxygens (including phenoxy) is 3. The zero-order valence-electron chi connectivity index (χ0n) is 26.8. The van der Waals surface area contributed by atoms with Crippen LogP contribution < -0.4 is 25.1 Å². The lowest BCUT2D eigenvalue weighted by Gasteiger charge is -2.20. The molecule has 0 radical (unpaired) electrons. The van der Waals surface area contributed by atoms with Crippen LogP contribution in [0.5, 0.6) is 23.0 Å². The number of amides is 1. The average molecular weight is 646 g/mol. The van der Waals surface area contributed by atoms with Gasteiger partial charge in [0.2, 0.25) is 0 Å². The van der Waals surface area contributed by atoms with E-state index in [1.165, 1.54) is 61.3 Å². The molecule has 0 unspecified atom stereocenters. The number of fused-ring (bicyclic) bond motifs is 1. The number of benzene rings is 3. The fourth-order valence-electron chi connectivity index (χ4n) is 5.28. The van der Waals surface area contributed by atoms with Gasteiger partial charge >= 0.3 is 0 Å². The fraction of sp³-hybridized carbons (Fsp3) is 0.250. The number of carbonyl (C=O) groups is 1. The van der Waals surface area contributed by atoms with E-state index in [1.807, 2.05) is 20.8 Å². The smallest absolute Gasteiger partial charge is 0.268 e. The molecule has 0 bridgehead atoms. The van der Waals surface area contributed by atoms with Gasteiger partial charge in [-0.25, -0.2) is 13.2 Å². The van der Waals surface area contributed by atoms with Gasteiger partial charge in [-0.3, -0.25) is 19.1 Å². The first-order valence-electron chi connectivity index (χ1n) is 15.0. The fourth-order valence-corrected chi connectivity index (χ4v) is 5.28. The van der Waals surface area contributed by atoms with Gasteiger partial charge in [-0.15, -0.1) is 0 Å². The van der Waals surface area contributed by atoms with Crippen LogP contribution in [0, 0.1) is 24.4 Å². The van der Waals surface area contributed by atoms with Crippen LogP contribution in [0.2, 0.25) is 0 Å². The van der Waals surface area contributed by atoms with Crippen LogP contribution in [0.4, 0.5) is 18.9 Å². The molecule has 6 rings (SSSR count). The van der Waals surface area contributed by atoms with Crippen molar-refractivity contribution in [3.8, 4) is 28.7 Å². The van der Waals surface area contributed by atoms with Crippen LogP contribution >= 0.6 is 0 Å². The monoisotopic (exact) mass is 645 g/mol. The van der Waals surface area contributed by atoms with Crippen molar-refractivity contribution in [2.75, 3.05) is 19.5 Å². The highest BCUT2D eigenvalue weighted by atomic mass is 19.1. The Labute approximate surface area is 269 Å². The summed E-state index contributed by atoms with van der Waals surface area (Å²) >= 11 is 0. The summed E-state index contributed by atoms with van der Waals surface area (Å²) in [6, 6.07) is 13.9. The number of hydrogen-bond acceptors (Lipinski definition) is 6. The van der Waals surface area contributed by atoms with Gasteiger partial charge in [-0.05, 0) is 73.9 Å². The molecule has 0 spiro atoms. The molecular formula is C36H34F3N3O5. The highest BCUT2D eigenvalue weighted by molar-refractivity contribution is 6.04. The Kier molecular flexibility index (Phi) is 9.28. The number of anilines is 1. The Morgan fingerprint density at radius 3 is 2.23 bits per heavy atom. The molecule has 1 aliphatic carbocycles. The molecule has 1 N–H and O–H groups in total. The van der Waals surface area contributed by atoms with E-state index >= 15 is 4.39 Å². The van der Waals surface area contributed by atoms with E-state index < -0.39 is 28.9 Å². The second-order valence-electron chi connectivity index (χ2n) is 11.1. The lowest BCUT2D eigenvalue weighted by molar-refractivity contribution is 0.102. The number of pyridine rings is 2. The molecule has 0 atom stereocenters. The summed E-state index contributed by atoms with van der Waals surface area (Å²) in [6.45, 7) is 7.72. The minimum absolute atomic E-state index is 0.0402. The van der Waals surface area contributed by atoms with Crippen molar-refractivity contribution in [2.45, 2.75) is 46.0 Å². The van der Waals surface area contributed by atoms with Crippen LogP contribution in [0.1, 0.15) is 55.2 Å². The zero-order chi connectivity index (χ0) is 34.0. The second kappa shape index (κ2) is 13.2. The minimum Gasteiger partial charge on any atom is -0.493 e. The lowest BCUT2D eigenvalue weighted by atomic mass is 10.0. The van der Waals surface area contributed by atoms with Gasteiger partial charge in [0.05, 0.1) is 31.6 Å². The largest absolute Gasteiger partial charge is 0.493 e. The topological polar surface area (TPSA) is 91.7 Å². The van der Waals surface area contributed by atoms with E-state index in [-0.39, 0.29) is 33.6 Å². The maximum Gasteiger partial charge on any atom is 0.268 e. The molecule has 5 aromatic rings. The van der Waals surface area contributed by atoms with Gasteiger partial charge in [-0.1, -0.05) is 20.8 Å². The minimum atomic E-state index is -0.894. The van der Waals surface area contributed by atoms with Crippen molar-refractivity contribution in [1.82, 2.24) is 9.55 Å². The summed E-state index contributed by atoms with van der Waals surface area (Å²) in [6.07, 6.45) is 2.69. The predicted molar refractivity (Wildman–Crippen MR) is 174 cm³/mol. The van der Waals surface area contributed by atoms with Gasteiger partial charge in [0.1, 0.15) is 11.4 Å². The van der Waals surface area contributed by atoms with Crippen molar-refractivity contribution in [1.29, 1.82) is 0 Å². The first-order chi connectivity index (χ1) is 22.5. The third kappa shape index (κ3) is 6.38. The Bertz CT molecular complexity index is 2060. The summed E-state index contributed by atoms with van der Waals surface area (Å²) in [5, 5.41) is 2.78. The standard InChI is InChI=1S/C34H28F3N3O5.C2H6/c1-18-13-19(35)5-8-26(18)40-30(34(2)11-12-34)10-7-21(33(40)42)32(41)39-20-6-9-27(23(36)14-20)45-31-22-15-28(43-3)29(44-4)16-25(22)38-17-24(31)37;1-2/h5-10,13-17H,11-12H2,1-4H3,(H,39,41);1-2H3. The third-order valence-electron chi connectivity index (χ3n) is 8.03. The summed E-state index contributed by atoms with van der Waals surface area (Å²) in [5.74, 6) is -2.85. The molecule has 8 nitrogen and oxygen atoms in total. The normalized spacial score (nSPS) is 13.0. The van der Waals surface area contributed by atoms with E-state index in [9.17, 15) is 18.4 Å². The molecule has 1 fully saturated rings. The molecule has 1 amide bonds. The number of methoxy groups -OCH3 is 2. The number of aryl methyl sites for hydroxylation is 1. The molecule has 0 saturated heterocycles. The van der Waals surface area contributed by atoms with E-state index in [0.29, 0.717) is 28.3 Å². The molecule has 1 aliphatic rings. The molecule has 1 saturated carbocycles. The van der Waals surface area contributed by atoms with Gasteiger partial charge < -0.3 is 19.5 Å². The highest BCUT2D eigenvalue weighted by Gasteiger charge is 2.42. The van der Waals surface area contributed by atoms with Crippen molar-refractivity contribution in [3.63, 3.8) is 0 Å². The Morgan fingerprint density at radius 2 is 1.60 bits per heavy atom. The number of carbonyl (C=O) groups excluding carboxylic acids is 1. The highest BCUT2D eigenvalue weighted by Crippen LogP contribution is 2.48. The number of aromatic nitrogens is 2. The number of halogens is 3. The summed E-state index contributed by atoms with van der Waals surface area (Å²) in [7, 11) is 2.87. The molecule has 244 valence electrons. The van der Waals surface area contributed by atoms with Crippen LogP contribution in [-0.2, 0) is 5.41 Å². The molecule has 0 aliphatic heterocycles. The van der Waals surface area contributed by atoms with E-state index in [0.717, 1.165) is 30.8 Å². The molecule has 47 heavy (non-hydrogen) atoms. The van der Waals surface area contributed by atoms with E-state index in [4.69, 9.17) is 14.2 Å². The van der Waals surface area contributed by atoms with Crippen molar-refractivity contribution in [3.05, 3.63) is 111 Å². The molecular weight excluding hydrogens is 611 g/mol. The van der Waals surface area contributed by atoms with Gasteiger partial charge in [0, 0.05) is 34.3 Å². The quantitative estimate of drug-likeness (QED) is 0.183. The van der Waals surface area contributed by atoms with Crippen LogP contribution in [0.15, 0.2) is 71.7 Å². The van der Waals surface area contributed by atoms with Crippen LogP contribution in [0.25, 0.3) is 16.6 Å². The third-order valence-corrected chi connectivity index (χ3v) is 8.03. The maximum atomic E-state index is 15.3. The Hall–Kier alpha value is -5.32. The first-order valence-corrected chi connectivity index (χ1v) is 15.0. The van der Waals surface area contributed by atoms with Crippen LogP contribution in [-0.4, -0.2) is 29.7 Å². The SMILES string of the molecule is CC.COc1cc2ncc(F)c(Oc3ccc(NC(=O)c4ccc(C5(C)CC5)n(-c5ccc(F)cc5C)c4=O)cc3F)c2cc1OC. The van der Waals surface area contributed by atoms with Crippen molar-refractivity contribution in [2.24, 2.45) is 0 Å². The first kappa shape index (κ1) is 33.1. The lowest BCUT2D eigenvalue weighted by Crippen LogP contribution is -2.32. The number of rotatable bonds is 8. The molecule has 2 heterocycles. The number of hydrogen-bond donors (Lipinski definition) is 1. The van der Waals surface area contributed by atoms with Gasteiger partial charge in [-0.2, -0.15) is 0 Å². The van der Waals surface area contributed by atoms with E-state index in [1.54, 1.807) is 19.1 Å². The molecule has 11 heteroatoms. The van der Waals surface area contributed by atoms with Gasteiger partial charge in [0.15, 0.2) is 34.6 Å². The maximum absolute atomic E-state index is 15.3. The molecule has 3 aromatic carbocycles. The summed E-state index contributed by atoms with van der Waals surface area (Å²) < 4.78 is 61.6.